The van der Waals surface area contributed by atoms with Crippen LogP contribution in [0.3, 0.4) is 0 Å². The fraction of sp³-hybridized carbons (Fsp3) is 0.250. The van der Waals surface area contributed by atoms with Gasteiger partial charge in [-0.15, -0.1) is 0 Å². The lowest BCUT2D eigenvalue weighted by molar-refractivity contribution is -0.119. The molecule has 1 N–H and O–H groups in total. The van der Waals surface area contributed by atoms with Gasteiger partial charge >= 0.3 is 0 Å². The van der Waals surface area contributed by atoms with Crippen LogP contribution in [0.15, 0.2) is 47.6 Å². The Bertz CT molecular complexity index is 853. The number of hydrogen-bond acceptors (Lipinski definition) is 5. The summed E-state index contributed by atoms with van der Waals surface area (Å²) in [6.45, 7) is 0.500. The highest BCUT2D eigenvalue weighted by atomic mass is 35.5. The monoisotopic (exact) mass is 366 g/mol. The molecule has 8 heteroatoms. The number of para-hydroxylation sites is 1. The van der Waals surface area contributed by atoms with Crippen LogP contribution in [-0.2, 0) is 14.8 Å². The largest absolute Gasteiger partial charge is 0.493 e. The van der Waals surface area contributed by atoms with Gasteiger partial charge < -0.3 is 4.74 Å². The first-order valence-electron chi connectivity index (χ1n) is 7.34. The molecule has 1 aliphatic rings. The quantitative estimate of drug-likeness (QED) is 0.898. The molecule has 1 aromatic carbocycles. The Morgan fingerprint density at radius 3 is 2.83 bits per heavy atom. The minimum atomic E-state index is -4.00. The second kappa shape index (κ2) is 6.78. The van der Waals surface area contributed by atoms with Gasteiger partial charge in [0.1, 0.15) is 5.75 Å². The van der Waals surface area contributed by atoms with Crippen molar-refractivity contribution >= 4 is 27.5 Å². The number of carbonyl (C=O) groups excluding carboxylic acids is 1. The standard InChI is InChI=1S/C16H15ClN2O4S/c17-12-5-6-16(18-10-12)24(21,22)19-15(20)9-11-7-8-23-14-4-2-1-3-13(11)14/h1-6,10-11H,7-9H2,(H,19,20)/t11-/m0/s1. The average Bonchev–Trinajstić information content (AvgIpc) is 2.55. The third kappa shape index (κ3) is 3.68. The molecule has 1 atom stereocenters. The molecule has 0 fully saturated rings. The number of pyridine rings is 1. The number of aromatic nitrogens is 1. The summed E-state index contributed by atoms with van der Waals surface area (Å²) in [5.41, 5.74) is 0.918. The van der Waals surface area contributed by atoms with Crippen LogP contribution in [0, 0.1) is 0 Å². The minimum absolute atomic E-state index is 0.0627. The SMILES string of the molecule is O=C(C[C@@H]1CCOc2ccccc21)NS(=O)(=O)c1ccc(Cl)cn1. The molecule has 0 radical (unpaired) electrons. The van der Waals surface area contributed by atoms with Gasteiger partial charge in [0.05, 0.1) is 11.6 Å². The Labute approximate surface area is 144 Å². The first-order valence-corrected chi connectivity index (χ1v) is 9.21. The summed E-state index contributed by atoms with van der Waals surface area (Å²) in [5.74, 6) is 0.0838. The number of fused-ring (bicyclic) bond motifs is 1. The van der Waals surface area contributed by atoms with Crippen LogP contribution in [0.5, 0.6) is 5.75 Å². The van der Waals surface area contributed by atoms with Crippen molar-refractivity contribution in [3.05, 3.63) is 53.2 Å². The molecule has 0 bridgehead atoms. The number of nitrogens with zero attached hydrogens (tertiary/aromatic N) is 1. The maximum Gasteiger partial charge on any atom is 0.281 e. The molecule has 1 aliphatic heterocycles. The molecular weight excluding hydrogens is 352 g/mol. The number of amides is 1. The zero-order chi connectivity index (χ0) is 17.2. The molecule has 6 nitrogen and oxygen atoms in total. The lowest BCUT2D eigenvalue weighted by Crippen LogP contribution is -2.32. The number of nitrogens with one attached hydrogen (secondary N) is 1. The lowest BCUT2D eigenvalue weighted by atomic mass is 9.90. The van der Waals surface area contributed by atoms with E-state index in [1.807, 2.05) is 24.3 Å². The van der Waals surface area contributed by atoms with Crippen molar-refractivity contribution in [2.24, 2.45) is 0 Å². The third-order valence-corrected chi connectivity index (χ3v) is 5.25. The van der Waals surface area contributed by atoms with Crippen molar-refractivity contribution in [3.8, 4) is 5.75 Å². The molecule has 126 valence electrons. The van der Waals surface area contributed by atoms with Crippen LogP contribution < -0.4 is 9.46 Å². The topological polar surface area (TPSA) is 85.4 Å². The maximum atomic E-state index is 12.2. The van der Waals surface area contributed by atoms with E-state index >= 15 is 0 Å². The number of carbonyl (C=O) groups is 1. The number of rotatable bonds is 4. The maximum absolute atomic E-state index is 12.2. The summed E-state index contributed by atoms with van der Waals surface area (Å²) in [5, 5.41) is 0.0757. The number of hydrogen-bond donors (Lipinski definition) is 1. The lowest BCUT2D eigenvalue weighted by Gasteiger charge is -2.25. The van der Waals surface area contributed by atoms with Crippen molar-refractivity contribution in [2.45, 2.75) is 23.8 Å². The highest BCUT2D eigenvalue weighted by molar-refractivity contribution is 7.90. The van der Waals surface area contributed by atoms with Gasteiger partial charge in [-0.05, 0) is 36.1 Å². The Morgan fingerprint density at radius 2 is 2.08 bits per heavy atom. The number of benzene rings is 1. The molecule has 2 heterocycles. The predicted octanol–water partition coefficient (Wildman–Crippen LogP) is 2.50. The van der Waals surface area contributed by atoms with E-state index in [2.05, 4.69) is 9.71 Å². The zero-order valence-corrected chi connectivity index (χ0v) is 14.2. The zero-order valence-electron chi connectivity index (χ0n) is 12.6. The highest BCUT2D eigenvalue weighted by Gasteiger charge is 2.26. The van der Waals surface area contributed by atoms with Crippen molar-refractivity contribution in [1.29, 1.82) is 0 Å². The van der Waals surface area contributed by atoms with E-state index in [-0.39, 0.29) is 17.4 Å². The molecule has 0 saturated carbocycles. The summed E-state index contributed by atoms with van der Waals surface area (Å²) in [6.07, 6.45) is 1.94. The Kier molecular flexibility index (Phi) is 4.73. The van der Waals surface area contributed by atoms with Gasteiger partial charge in [0.2, 0.25) is 5.91 Å². The van der Waals surface area contributed by atoms with Crippen LogP contribution in [-0.4, -0.2) is 25.9 Å². The van der Waals surface area contributed by atoms with E-state index < -0.39 is 15.9 Å². The van der Waals surface area contributed by atoms with Crippen LogP contribution in [0.25, 0.3) is 0 Å². The van der Waals surface area contributed by atoms with E-state index in [9.17, 15) is 13.2 Å². The molecule has 1 aromatic heterocycles. The van der Waals surface area contributed by atoms with Crippen LogP contribution in [0.1, 0.15) is 24.3 Å². The summed E-state index contributed by atoms with van der Waals surface area (Å²) < 4.78 is 32.0. The van der Waals surface area contributed by atoms with Gasteiger partial charge in [-0.1, -0.05) is 29.8 Å². The molecule has 24 heavy (non-hydrogen) atoms. The Balaban J connectivity index is 1.71. The van der Waals surface area contributed by atoms with Crippen LogP contribution >= 0.6 is 11.6 Å². The van der Waals surface area contributed by atoms with Crippen LogP contribution in [0.4, 0.5) is 0 Å². The van der Waals surface area contributed by atoms with Gasteiger partial charge in [-0.3, -0.25) is 4.79 Å². The van der Waals surface area contributed by atoms with E-state index in [1.54, 1.807) is 0 Å². The molecule has 0 spiro atoms. The van der Waals surface area contributed by atoms with E-state index in [0.29, 0.717) is 18.1 Å². The van der Waals surface area contributed by atoms with Gasteiger partial charge in [0.15, 0.2) is 5.03 Å². The first-order chi connectivity index (χ1) is 11.5. The number of halogens is 1. The smallest absolute Gasteiger partial charge is 0.281 e. The van der Waals surface area contributed by atoms with Crippen LogP contribution in [0.2, 0.25) is 5.02 Å². The minimum Gasteiger partial charge on any atom is -0.493 e. The average molecular weight is 367 g/mol. The molecule has 0 unspecified atom stereocenters. The van der Waals surface area contributed by atoms with Crippen molar-refractivity contribution in [3.63, 3.8) is 0 Å². The first kappa shape index (κ1) is 16.7. The Hall–Kier alpha value is -2.12. The van der Waals surface area contributed by atoms with Gasteiger partial charge in [-0.25, -0.2) is 9.71 Å². The molecule has 2 aromatic rings. The summed E-state index contributed by atoms with van der Waals surface area (Å²) in [4.78, 5) is 15.9. The predicted molar refractivity (Wildman–Crippen MR) is 88.5 cm³/mol. The Morgan fingerprint density at radius 1 is 1.29 bits per heavy atom. The second-order valence-corrected chi connectivity index (χ2v) is 7.49. The summed E-state index contributed by atoms with van der Waals surface area (Å²) in [7, 11) is -4.00. The number of sulfonamides is 1. The summed E-state index contributed by atoms with van der Waals surface area (Å²) >= 11 is 5.69. The molecule has 0 aliphatic carbocycles. The van der Waals surface area contributed by atoms with Crippen molar-refractivity contribution in [1.82, 2.24) is 9.71 Å². The fourth-order valence-electron chi connectivity index (χ4n) is 2.62. The van der Waals surface area contributed by atoms with Gasteiger partial charge in [0.25, 0.3) is 10.0 Å². The molecular formula is C16H15ClN2O4S. The highest BCUT2D eigenvalue weighted by Crippen LogP contribution is 2.35. The third-order valence-electron chi connectivity index (χ3n) is 3.74. The van der Waals surface area contributed by atoms with E-state index in [1.165, 1.54) is 18.3 Å². The van der Waals surface area contributed by atoms with Gasteiger partial charge in [0, 0.05) is 12.6 Å². The molecule has 3 rings (SSSR count). The normalized spacial score (nSPS) is 16.8. The molecule has 0 saturated heterocycles. The number of ether oxygens (including phenoxy) is 1. The van der Waals surface area contributed by atoms with Crippen molar-refractivity contribution in [2.75, 3.05) is 6.61 Å². The van der Waals surface area contributed by atoms with E-state index in [4.69, 9.17) is 16.3 Å². The van der Waals surface area contributed by atoms with Crippen molar-refractivity contribution < 1.29 is 17.9 Å². The second-order valence-electron chi connectivity index (χ2n) is 5.42. The fourth-order valence-corrected chi connectivity index (χ4v) is 3.65. The molecule has 1 amide bonds. The van der Waals surface area contributed by atoms with E-state index in [0.717, 1.165) is 11.3 Å². The summed E-state index contributed by atoms with van der Waals surface area (Å²) in [6, 6.07) is 10.1. The van der Waals surface area contributed by atoms with Gasteiger partial charge in [-0.2, -0.15) is 8.42 Å².